The predicted octanol–water partition coefficient (Wildman–Crippen LogP) is 2.67. The number of nitrogens with one attached hydrogen (secondary N) is 1. The molecule has 0 fully saturated rings. The van der Waals surface area contributed by atoms with Crippen molar-refractivity contribution in [2.75, 3.05) is 6.54 Å². The molecular formula is C20H24N2O5S. The molecule has 0 saturated heterocycles. The van der Waals surface area contributed by atoms with Gasteiger partial charge in [0.25, 0.3) is 10.0 Å². The van der Waals surface area contributed by atoms with E-state index in [-0.39, 0.29) is 23.8 Å². The molecule has 28 heavy (non-hydrogen) atoms. The fourth-order valence-corrected chi connectivity index (χ4v) is 3.88. The van der Waals surface area contributed by atoms with Crippen molar-refractivity contribution in [1.82, 2.24) is 9.79 Å². The molecule has 0 aliphatic rings. The summed E-state index contributed by atoms with van der Waals surface area (Å²) in [4.78, 5) is 23.1. The van der Waals surface area contributed by atoms with Gasteiger partial charge < -0.3 is 0 Å². The van der Waals surface area contributed by atoms with Crippen LogP contribution in [0, 0.1) is 11.8 Å². The molecule has 2 aromatic carbocycles. The average molecular weight is 404 g/mol. The van der Waals surface area contributed by atoms with Gasteiger partial charge in [-0.1, -0.05) is 56.3 Å². The van der Waals surface area contributed by atoms with Gasteiger partial charge in [0, 0.05) is 0 Å². The van der Waals surface area contributed by atoms with Crippen LogP contribution in [0.25, 0.3) is 11.1 Å². The average Bonchev–Trinajstić information content (AvgIpc) is 2.67. The highest BCUT2D eigenvalue weighted by atomic mass is 32.2. The second-order valence-corrected chi connectivity index (χ2v) is 8.60. The maximum Gasteiger partial charge on any atom is 0.264 e. The first-order chi connectivity index (χ1) is 13.2. The summed E-state index contributed by atoms with van der Waals surface area (Å²) in [6.45, 7) is 3.44. The molecule has 1 unspecified atom stereocenters. The van der Waals surface area contributed by atoms with E-state index in [0.717, 1.165) is 11.1 Å². The number of sulfonamides is 1. The number of hydrogen-bond donors (Lipinski definition) is 2. The van der Waals surface area contributed by atoms with Crippen molar-refractivity contribution in [3.63, 3.8) is 0 Å². The normalized spacial score (nSPS) is 12.4. The highest BCUT2D eigenvalue weighted by Crippen LogP contribution is 2.21. The third-order valence-electron chi connectivity index (χ3n) is 4.16. The molecule has 0 aliphatic heterocycles. The Bertz CT molecular complexity index is 896. The van der Waals surface area contributed by atoms with E-state index < -0.39 is 21.8 Å². The van der Waals surface area contributed by atoms with Crippen LogP contribution in [0.1, 0.15) is 20.3 Å². The quantitative estimate of drug-likeness (QED) is 0.380. The third kappa shape index (κ3) is 5.90. The zero-order valence-electron chi connectivity index (χ0n) is 15.8. The first-order valence-corrected chi connectivity index (χ1v) is 10.3. The fraction of sp³-hybridized carbons (Fsp3) is 0.300. The number of carbonyl (C=O) groups excluding carboxylic acids is 2. The Morgan fingerprint density at radius 1 is 1.07 bits per heavy atom. The lowest BCUT2D eigenvalue weighted by Gasteiger charge is -2.21. The van der Waals surface area contributed by atoms with Gasteiger partial charge >= 0.3 is 0 Å². The Morgan fingerprint density at radius 2 is 1.64 bits per heavy atom. The van der Waals surface area contributed by atoms with Crippen molar-refractivity contribution in [3.05, 3.63) is 54.6 Å². The molecule has 0 aromatic heterocycles. The Labute approximate surface area is 165 Å². The van der Waals surface area contributed by atoms with Gasteiger partial charge in [-0.25, -0.2) is 18.2 Å². The first kappa shape index (κ1) is 21.6. The molecular weight excluding hydrogens is 380 g/mol. The Balaban J connectivity index is 2.16. The van der Waals surface area contributed by atoms with Crippen molar-refractivity contribution in [1.29, 1.82) is 0 Å². The Kier molecular flexibility index (Phi) is 7.31. The van der Waals surface area contributed by atoms with Gasteiger partial charge in [0.1, 0.15) is 0 Å². The van der Waals surface area contributed by atoms with Crippen molar-refractivity contribution in [2.45, 2.75) is 25.2 Å². The van der Waals surface area contributed by atoms with Crippen molar-refractivity contribution >= 4 is 22.3 Å². The van der Waals surface area contributed by atoms with Gasteiger partial charge in [0.2, 0.25) is 12.3 Å². The third-order valence-corrected chi connectivity index (χ3v) is 5.53. The summed E-state index contributed by atoms with van der Waals surface area (Å²) in [5.74, 6) is -1.54. The van der Waals surface area contributed by atoms with E-state index in [1.807, 2.05) is 48.9 Å². The molecule has 8 heteroatoms. The van der Waals surface area contributed by atoms with E-state index in [9.17, 15) is 23.2 Å². The number of hydrogen-bond acceptors (Lipinski definition) is 5. The summed E-state index contributed by atoms with van der Waals surface area (Å²) < 4.78 is 27.2. The predicted molar refractivity (Wildman–Crippen MR) is 105 cm³/mol. The van der Waals surface area contributed by atoms with Gasteiger partial charge in [0.05, 0.1) is 17.4 Å². The maximum absolute atomic E-state index is 12.6. The van der Waals surface area contributed by atoms with Crippen LogP contribution in [-0.2, 0) is 19.6 Å². The SMILES string of the molecule is CC(C)CC(CN(O)C=O)C(=O)NS(=O)(=O)c1ccc(-c2ccccc2)cc1. The van der Waals surface area contributed by atoms with Crippen LogP contribution in [0.2, 0.25) is 0 Å². The van der Waals surface area contributed by atoms with Gasteiger partial charge in [-0.2, -0.15) is 0 Å². The molecule has 0 radical (unpaired) electrons. The second kappa shape index (κ2) is 9.48. The number of carbonyl (C=O) groups is 2. The minimum Gasteiger partial charge on any atom is -0.286 e. The van der Waals surface area contributed by atoms with Gasteiger partial charge in [-0.05, 0) is 35.6 Å². The number of benzene rings is 2. The monoisotopic (exact) mass is 404 g/mol. The summed E-state index contributed by atoms with van der Waals surface area (Å²) >= 11 is 0. The van der Waals surface area contributed by atoms with Crippen molar-refractivity contribution in [3.8, 4) is 11.1 Å². The van der Waals surface area contributed by atoms with Crippen molar-refractivity contribution < 1.29 is 23.2 Å². The van der Waals surface area contributed by atoms with Gasteiger partial charge in [-0.3, -0.25) is 14.8 Å². The smallest absolute Gasteiger partial charge is 0.264 e. The summed E-state index contributed by atoms with van der Waals surface area (Å²) in [5.41, 5.74) is 1.80. The lowest BCUT2D eigenvalue weighted by Crippen LogP contribution is -2.41. The summed E-state index contributed by atoms with van der Waals surface area (Å²) in [6, 6.07) is 15.7. The standard InChI is InChI=1S/C20H24N2O5S/c1-15(2)12-18(13-22(25)14-23)20(24)21-28(26,27)19-10-8-17(9-11-19)16-6-4-3-5-7-16/h3-11,14-15,18,25H,12-13H2,1-2H3,(H,21,24). The number of rotatable bonds is 9. The van der Waals surface area contributed by atoms with Crippen LogP contribution in [-0.4, -0.2) is 37.6 Å². The molecule has 2 amide bonds. The Hall–Kier alpha value is -2.71. The van der Waals surface area contributed by atoms with E-state index in [0.29, 0.717) is 11.5 Å². The highest BCUT2D eigenvalue weighted by molar-refractivity contribution is 7.90. The summed E-state index contributed by atoms with van der Waals surface area (Å²) in [7, 11) is -4.07. The van der Waals surface area contributed by atoms with Crippen LogP contribution < -0.4 is 4.72 Å². The molecule has 0 bridgehead atoms. The zero-order chi connectivity index (χ0) is 20.7. The number of nitrogens with zero attached hydrogens (tertiary/aromatic N) is 1. The van der Waals surface area contributed by atoms with E-state index in [1.165, 1.54) is 12.1 Å². The minimum absolute atomic E-state index is 0.0416. The number of amides is 2. The van der Waals surface area contributed by atoms with Crippen LogP contribution >= 0.6 is 0 Å². The molecule has 150 valence electrons. The highest BCUT2D eigenvalue weighted by Gasteiger charge is 2.27. The van der Waals surface area contributed by atoms with Crippen LogP contribution in [0.4, 0.5) is 0 Å². The van der Waals surface area contributed by atoms with Crippen LogP contribution in [0.15, 0.2) is 59.5 Å². The summed E-state index contributed by atoms with van der Waals surface area (Å²) in [6.07, 6.45) is 0.497. The van der Waals surface area contributed by atoms with Gasteiger partial charge in [0.15, 0.2) is 0 Å². The van der Waals surface area contributed by atoms with E-state index in [1.54, 1.807) is 12.1 Å². The largest absolute Gasteiger partial charge is 0.286 e. The molecule has 1 atom stereocenters. The van der Waals surface area contributed by atoms with Crippen LogP contribution in [0.3, 0.4) is 0 Å². The van der Waals surface area contributed by atoms with Crippen molar-refractivity contribution in [2.24, 2.45) is 11.8 Å². The fourth-order valence-electron chi connectivity index (χ4n) is 2.83. The zero-order valence-corrected chi connectivity index (χ0v) is 16.6. The first-order valence-electron chi connectivity index (χ1n) is 8.86. The van der Waals surface area contributed by atoms with Crippen LogP contribution in [0.5, 0.6) is 0 Å². The molecule has 0 heterocycles. The summed E-state index contributed by atoms with van der Waals surface area (Å²) in [5, 5.41) is 9.72. The van der Waals surface area contributed by atoms with E-state index >= 15 is 0 Å². The molecule has 7 nitrogen and oxygen atoms in total. The lowest BCUT2D eigenvalue weighted by molar-refractivity contribution is -0.154. The lowest BCUT2D eigenvalue weighted by atomic mass is 9.96. The molecule has 0 aliphatic carbocycles. The van der Waals surface area contributed by atoms with E-state index in [2.05, 4.69) is 0 Å². The topological polar surface area (TPSA) is 104 Å². The molecule has 2 N–H and O–H groups in total. The maximum atomic E-state index is 12.6. The molecule has 2 aromatic rings. The molecule has 0 spiro atoms. The minimum atomic E-state index is -4.07. The molecule has 0 saturated carbocycles. The number of hydroxylamine groups is 2. The van der Waals surface area contributed by atoms with Gasteiger partial charge in [-0.15, -0.1) is 0 Å². The molecule has 2 rings (SSSR count). The second-order valence-electron chi connectivity index (χ2n) is 6.91. The Morgan fingerprint density at radius 3 is 2.18 bits per heavy atom. The van der Waals surface area contributed by atoms with E-state index in [4.69, 9.17) is 0 Å².